The summed E-state index contributed by atoms with van der Waals surface area (Å²) in [6, 6.07) is 9.97. The Balaban J connectivity index is 2.50. The minimum atomic E-state index is -4.09. The van der Waals surface area contributed by atoms with E-state index < -0.39 is 33.4 Å². The highest BCUT2D eigenvalue weighted by Crippen LogP contribution is 2.33. The second kappa shape index (κ2) is 12.5. The monoisotopic (exact) mass is 534 g/mol. The number of sulfonamides is 1. The predicted octanol–water partition coefficient (Wildman–Crippen LogP) is 2.87. The summed E-state index contributed by atoms with van der Waals surface area (Å²) < 4.78 is 31.5. The predicted molar refractivity (Wildman–Crippen MR) is 141 cm³/mol. The Labute approximate surface area is 217 Å². The average molecular weight is 535 g/mol. The van der Waals surface area contributed by atoms with Crippen molar-refractivity contribution in [2.75, 3.05) is 30.8 Å². The van der Waals surface area contributed by atoms with Crippen molar-refractivity contribution in [2.45, 2.75) is 40.3 Å². The highest BCUT2D eigenvalue weighted by molar-refractivity contribution is 7.92. The van der Waals surface area contributed by atoms with Crippen molar-refractivity contribution in [3.05, 3.63) is 63.7 Å². The molecule has 0 spiro atoms. The lowest BCUT2D eigenvalue weighted by molar-refractivity contribution is -0.384. The molecule has 0 aliphatic heterocycles. The number of ether oxygens (including phenoxy) is 1. The third-order valence-corrected chi connectivity index (χ3v) is 6.73. The number of amides is 2. The van der Waals surface area contributed by atoms with Gasteiger partial charge in [0.05, 0.1) is 18.3 Å². The molecule has 2 aromatic rings. The zero-order valence-electron chi connectivity index (χ0n) is 21.9. The topological polar surface area (TPSA) is 139 Å². The van der Waals surface area contributed by atoms with E-state index in [0.29, 0.717) is 6.54 Å². The van der Waals surface area contributed by atoms with Gasteiger partial charge in [0.1, 0.15) is 24.0 Å². The molecule has 1 atom stereocenters. The maximum absolute atomic E-state index is 13.6. The van der Waals surface area contributed by atoms with Crippen LogP contribution in [0.3, 0.4) is 0 Å². The van der Waals surface area contributed by atoms with E-state index in [1.54, 1.807) is 6.92 Å². The SMILES string of the molecule is COc1ccc([N+](=O)[O-])cc1N(CC(=O)N(Cc1cccc(C)c1)C(C)C(=O)NCC(C)C)S(C)(=O)=O. The van der Waals surface area contributed by atoms with Crippen molar-refractivity contribution in [3.8, 4) is 5.75 Å². The number of nitrogens with zero attached hydrogens (tertiary/aromatic N) is 3. The molecule has 0 heterocycles. The molecule has 12 heteroatoms. The molecule has 0 saturated heterocycles. The average Bonchev–Trinajstić information content (AvgIpc) is 2.82. The Hall–Kier alpha value is -3.67. The van der Waals surface area contributed by atoms with Crippen LogP contribution in [0.1, 0.15) is 31.9 Å². The van der Waals surface area contributed by atoms with Crippen LogP contribution in [0.2, 0.25) is 0 Å². The lowest BCUT2D eigenvalue weighted by atomic mass is 10.1. The van der Waals surface area contributed by atoms with Crippen LogP contribution < -0.4 is 14.4 Å². The van der Waals surface area contributed by atoms with E-state index in [4.69, 9.17) is 4.74 Å². The van der Waals surface area contributed by atoms with Crippen molar-refractivity contribution in [1.29, 1.82) is 0 Å². The highest BCUT2D eigenvalue weighted by Gasteiger charge is 2.32. The molecular formula is C25H34N4O7S. The van der Waals surface area contributed by atoms with Crippen LogP contribution in [-0.2, 0) is 26.2 Å². The van der Waals surface area contributed by atoms with Gasteiger partial charge in [-0.3, -0.25) is 24.0 Å². The summed E-state index contributed by atoms with van der Waals surface area (Å²) in [5, 5.41) is 14.1. The Kier molecular flexibility index (Phi) is 10.0. The van der Waals surface area contributed by atoms with Gasteiger partial charge < -0.3 is 15.0 Å². The molecular weight excluding hydrogens is 500 g/mol. The number of nitro groups is 1. The fourth-order valence-electron chi connectivity index (χ4n) is 3.62. The van der Waals surface area contributed by atoms with Crippen molar-refractivity contribution in [3.63, 3.8) is 0 Å². The first-order valence-corrected chi connectivity index (χ1v) is 13.5. The molecule has 0 bridgehead atoms. The summed E-state index contributed by atoms with van der Waals surface area (Å²) in [6.45, 7) is 7.13. The van der Waals surface area contributed by atoms with Crippen LogP contribution >= 0.6 is 0 Å². The molecule has 0 aromatic heterocycles. The molecule has 202 valence electrons. The number of anilines is 1. The first kappa shape index (κ1) is 29.6. The minimum Gasteiger partial charge on any atom is -0.495 e. The van der Waals surface area contributed by atoms with E-state index in [-0.39, 0.29) is 35.5 Å². The van der Waals surface area contributed by atoms with Gasteiger partial charge in [0, 0.05) is 25.2 Å². The van der Waals surface area contributed by atoms with Gasteiger partial charge in [0.15, 0.2) is 0 Å². The maximum atomic E-state index is 13.6. The standard InChI is InChI=1S/C25H34N4O7S/c1-17(2)14-26-25(31)19(4)27(15-20-9-7-8-18(3)12-20)24(30)16-28(37(6,34)35)22-13-21(29(32)33)10-11-23(22)36-5/h7-13,17,19H,14-16H2,1-6H3,(H,26,31). The number of aryl methyl sites for hydroxylation is 1. The van der Waals surface area contributed by atoms with Crippen molar-refractivity contribution in [2.24, 2.45) is 5.92 Å². The molecule has 2 rings (SSSR count). The Morgan fingerprint density at radius 3 is 2.35 bits per heavy atom. The van der Waals surface area contributed by atoms with Gasteiger partial charge in [-0.15, -0.1) is 0 Å². The van der Waals surface area contributed by atoms with E-state index in [2.05, 4.69) is 5.32 Å². The van der Waals surface area contributed by atoms with E-state index in [0.717, 1.165) is 27.8 Å². The maximum Gasteiger partial charge on any atom is 0.271 e. The fraction of sp³-hybridized carbons (Fsp3) is 0.440. The summed E-state index contributed by atoms with van der Waals surface area (Å²) in [5.41, 5.74) is 1.20. The van der Waals surface area contributed by atoms with Crippen molar-refractivity contribution in [1.82, 2.24) is 10.2 Å². The number of non-ortho nitro benzene ring substituents is 1. The smallest absolute Gasteiger partial charge is 0.271 e. The summed E-state index contributed by atoms with van der Waals surface area (Å²) in [7, 11) is -2.80. The molecule has 11 nitrogen and oxygen atoms in total. The first-order chi connectivity index (χ1) is 17.2. The third-order valence-electron chi connectivity index (χ3n) is 5.61. The van der Waals surface area contributed by atoms with Gasteiger partial charge in [0.25, 0.3) is 5.69 Å². The summed E-state index contributed by atoms with van der Waals surface area (Å²) in [6.07, 6.45) is 0.891. The Bertz CT molecular complexity index is 1250. The van der Waals surface area contributed by atoms with Crippen molar-refractivity contribution >= 4 is 33.2 Å². The quantitative estimate of drug-likeness (QED) is 0.326. The molecule has 0 aliphatic rings. The molecule has 0 fully saturated rings. The number of rotatable bonds is 12. The lowest BCUT2D eigenvalue weighted by Gasteiger charge is -2.32. The van der Waals surface area contributed by atoms with Crippen LogP contribution in [0.4, 0.5) is 11.4 Å². The highest BCUT2D eigenvalue weighted by atomic mass is 32.2. The molecule has 2 amide bonds. The normalized spacial score (nSPS) is 12.1. The molecule has 1 unspecified atom stereocenters. The molecule has 0 aliphatic carbocycles. The third kappa shape index (κ3) is 8.17. The second-order valence-electron chi connectivity index (χ2n) is 9.21. The largest absolute Gasteiger partial charge is 0.495 e. The molecule has 0 radical (unpaired) electrons. The number of nitro benzene ring substituents is 1. The molecule has 2 aromatic carbocycles. The van der Waals surface area contributed by atoms with Crippen LogP contribution in [0.25, 0.3) is 0 Å². The van der Waals surface area contributed by atoms with Gasteiger partial charge in [-0.1, -0.05) is 43.7 Å². The first-order valence-electron chi connectivity index (χ1n) is 11.7. The minimum absolute atomic E-state index is 0.0387. The van der Waals surface area contributed by atoms with Gasteiger partial charge in [-0.05, 0) is 31.4 Å². The number of methoxy groups -OCH3 is 1. The number of hydrogen-bond donors (Lipinski definition) is 1. The van der Waals surface area contributed by atoms with Gasteiger partial charge in [-0.25, -0.2) is 8.42 Å². The van der Waals surface area contributed by atoms with Gasteiger partial charge in [-0.2, -0.15) is 0 Å². The van der Waals surface area contributed by atoms with Crippen LogP contribution in [0.5, 0.6) is 5.75 Å². The number of hydrogen-bond acceptors (Lipinski definition) is 7. The number of benzene rings is 2. The fourth-order valence-corrected chi connectivity index (χ4v) is 4.47. The summed E-state index contributed by atoms with van der Waals surface area (Å²) in [4.78, 5) is 38.5. The van der Waals surface area contributed by atoms with Crippen LogP contribution in [-0.4, -0.2) is 62.6 Å². The molecule has 0 saturated carbocycles. The van der Waals surface area contributed by atoms with Crippen LogP contribution in [0.15, 0.2) is 42.5 Å². The number of carbonyl (C=O) groups excluding carboxylic acids is 2. The number of nitrogens with one attached hydrogen (secondary N) is 1. The van der Waals surface area contributed by atoms with E-state index >= 15 is 0 Å². The van der Waals surface area contributed by atoms with Gasteiger partial charge >= 0.3 is 0 Å². The Morgan fingerprint density at radius 2 is 1.81 bits per heavy atom. The van der Waals surface area contributed by atoms with Crippen LogP contribution in [0, 0.1) is 23.0 Å². The number of carbonyl (C=O) groups is 2. The summed E-state index contributed by atoms with van der Waals surface area (Å²) in [5.74, 6) is -0.808. The molecule has 37 heavy (non-hydrogen) atoms. The lowest BCUT2D eigenvalue weighted by Crippen LogP contribution is -2.51. The van der Waals surface area contributed by atoms with Crippen molar-refractivity contribution < 1.29 is 27.7 Å². The Morgan fingerprint density at radius 1 is 1.14 bits per heavy atom. The summed E-state index contributed by atoms with van der Waals surface area (Å²) >= 11 is 0. The zero-order chi connectivity index (χ0) is 27.9. The molecule has 1 N–H and O–H groups in total. The second-order valence-corrected chi connectivity index (χ2v) is 11.1. The van der Waals surface area contributed by atoms with E-state index in [1.807, 2.05) is 45.0 Å². The van der Waals surface area contributed by atoms with Gasteiger partial charge in [0.2, 0.25) is 21.8 Å². The zero-order valence-corrected chi connectivity index (χ0v) is 22.7. The van der Waals surface area contributed by atoms with E-state index in [1.165, 1.54) is 24.1 Å². The van der Waals surface area contributed by atoms with E-state index in [9.17, 15) is 28.1 Å².